The van der Waals surface area contributed by atoms with Crippen LogP contribution < -0.4 is 21.9 Å². The number of aromatic nitrogens is 2. The summed E-state index contributed by atoms with van der Waals surface area (Å²) >= 11 is 0. The molecule has 0 saturated heterocycles. The second-order valence-electron chi connectivity index (χ2n) is 5.25. The number of nitrogens with zero attached hydrogens (tertiary/aromatic N) is 2. The fourth-order valence-electron chi connectivity index (χ4n) is 2.54. The number of amides is 1. The monoisotopic (exact) mass is 323 g/mol. The average molecular weight is 323 g/mol. The lowest BCUT2D eigenvalue weighted by Gasteiger charge is -2.11. The molecule has 7 nitrogen and oxygen atoms in total. The van der Waals surface area contributed by atoms with Crippen molar-refractivity contribution in [1.82, 2.24) is 9.55 Å². The zero-order chi connectivity index (χ0) is 17.3. The molecular formula is C17H17N5O2. The highest BCUT2D eigenvalue weighted by atomic mass is 16.1. The SMILES string of the molecule is CNc1ccc(-n2cc(C(N)=O)c3cc(NC)ccc3c2=O)nc1. The van der Waals surface area contributed by atoms with E-state index < -0.39 is 5.91 Å². The Hall–Kier alpha value is -3.35. The average Bonchev–Trinajstić information content (AvgIpc) is 2.61. The van der Waals surface area contributed by atoms with Crippen molar-refractivity contribution < 1.29 is 4.79 Å². The van der Waals surface area contributed by atoms with Gasteiger partial charge in [0.25, 0.3) is 11.5 Å². The summed E-state index contributed by atoms with van der Waals surface area (Å²) in [7, 11) is 3.54. The number of primary amides is 1. The maximum atomic E-state index is 12.8. The molecule has 0 saturated carbocycles. The first-order valence-electron chi connectivity index (χ1n) is 7.36. The smallest absolute Gasteiger partial charge is 0.264 e. The summed E-state index contributed by atoms with van der Waals surface area (Å²) in [5, 5.41) is 6.87. The van der Waals surface area contributed by atoms with Crippen molar-refractivity contribution in [2.24, 2.45) is 5.73 Å². The lowest BCUT2D eigenvalue weighted by atomic mass is 10.1. The summed E-state index contributed by atoms with van der Waals surface area (Å²) in [6, 6.07) is 8.68. The van der Waals surface area contributed by atoms with E-state index in [0.717, 1.165) is 11.4 Å². The van der Waals surface area contributed by atoms with Gasteiger partial charge in [-0.15, -0.1) is 0 Å². The fraction of sp³-hybridized carbons (Fsp3) is 0.118. The third-order valence-corrected chi connectivity index (χ3v) is 3.85. The van der Waals surface area contributed by atoms with E-state index in [9.17, 15) is 9.59 Å². The number of carbonyl (C=O) groups excluding carboxylic acids is 1. The van der Waals surface area contributed by atoms with E-state index in [1.165, 1.54) is 10.8 Å². The van der Waals surface area contributed by atoms with Gasteiger partial charge in [0.1, 0.15) is 5.82 Å². The van der Waals surface area contributed by atoms with Gasteiger partial charge in [0.05, 0.1) is 17.4 Å². The molecule has 2 heterocycles. The summed E-state index contributed by atoms with van der Waals surface area (Å²) in [6.45, 7) is 0. The first-order chi connectivity index (χ1) is 11.5. The van der Waals surface area contributed by atoms with E-state index in [0.29, 0.717) is 16.6 Å². The largest absolute Gasteiger partial charge is 0.388 e. The van der Waals surface area contributed by atoms with Crippen molar-refractivity contribution in [2.45, 2.75) is 0 Å². The number of nitrogens with one attached hydrogen (secondary N) is 2. The van der Waals surface area contributed by atoms with Gasteiger partial charge in [-0.1, -0.05) is 0 Å². The summed E-state index contributed by atoms with van der Waals surface area (Å²) in [5.41, 5.74) is 7.12. The fourth-order valence-corrected chi connectivity index (χ4v) is 2.54. The molecule has 7 heteroatoms. The lowest BCUT2D eigenvalue weighted by molar-refractivity contribution is 0.100. The van der Waals surface area contributed by atoms with Gasteiger partial charge in [0.15, 0.2) is 0 Å². The van der Waals surface area contributed by atoms with Crippen molar-refractivity contribution in [2.75, 3.05) is 24.7 Å². The third-order valence-electron chi connectivity index (χ3n) is 3.85. The summed E-state index contributed by atoms with van der Waals surface area (Å²) in [4.78, 5) is 28.9. The van der Waals surface area contributed by atoms with Gasteiger partial charge in [0, 0.05) is 36.8 Å². The van der Waals surface area contributed by atoms with Crippen molar-refractivity contribution in [3.8, 4) is 5.82 Å². The van der Waals surface area contributed by atoms with Crippen molar-refractivity contribution >= 4 is 28.1 Å². The Morgan fingerprint density at radius 2 is 1.79 bits per heavy atom. The molecule has 0 aliphatic carbocycles. The van der Waals surface area contributed by atoms with Crippen LogP contribution in [0.2, 0.25) is 0 Å². The van der Waals surface area contributed by atoms with Crippen LogP contribution >= 0.6 is 0 Å². The van der Waals surface area contributed by atoms with Gasteiger partial charge in [0.2, 0.25) is 0 Å². The molecule has 1 amide bonds. The van der Waals surface area contributed by atoms with E-state index in [-0.39, 0.29) is 11.1 Å². The maximum absolute atomic E-state index is 12.8. The molecule has 122 valence electrons. The number of hydrogen-bond donors (Lipinski definition) is 3. The first kappa shape index (κ1) is 15.5. The highest BCUT2D eigenvalue weighted by molar-refractivity contribution is 6.06. The molecule has 3 aromatic rings. The second-order valence-corrected chi connectivity index (χ2v) is 5.25. The number of fused-ring (bicyclic) bond motifs is 1. The number of benzene rings is 1. The summed E-state index contributed by atoms with van der Waals surface area (Å²) < 4.78 is 1.33. The number of carbonyl (C=O) groups is 1. The Morgan fingerprint density at radius 1 is 1.08 bits per heavy atom. The van der Waals surface area contributed by atoms with Crippen LogP contribution in [0.4, 0.5) is 11.4 Å². The van der Waals surface area contributed by atoms with Crippen LogP contribution in [0.25, 0.3) is 16.6 Å². The van der Waals surface area contributed by atoms with Crippen LogP contribution in [-0.2, 0) is 0 Å². The Bertz CT molecular complexity index is 977. The summed E-state index contributed by atoms with van der Waals surface area (Å²) in [6.07, 6.45) is 3.05. The molecule has 0 spiro atoms. The highest BCUT2D eigenvalue weighted by Gasteiger charge is 2.14. The minimum atomic E-state index is -0.603. The van der Waals surface area contributed by atoms with E-state index in [2.05, 4.69) is 15.6 Å². The molecule has 4 N–H and O–H groups in total. The second kappa shape index (κ2) is 6.04. The Kier molecular flexibility index (Phi) is 3.91. The van der Waals surface area contributed by atoms with Crippen LogP contribution in [0.15, 0.2) is 47.5 Å². The van der Waals surface area contributed by atoms with Crippen LogP contribution in [0.1, 0.15) is 10.4 Å². The first-order valence-corrected chi connectivity index (χ1v) is 7.36. The van der Waals surface area contributed by atoms with Crippen molar-refractivity contribution in [3.63, 3.8) is 0 Å². The molecule has 2 aromatic heterocycles. The Morgan fingerprint density at radius 3 is 2.38 bits per heavy atom. The lowest BCUT2D eigenvalue weighted by Crippen LogP contribution is -2.23. The van der Waals surface area contributed by atoms with E-state index >= 15 is 0 Å². The van der Waals surface area contributed by atoms with Crippen LogP contribution in [0.5, 0.6) is 0 Å². The molecule has 3 rings (SSSR count). The minimum absolute atomic E-state index is 0.262. The molecule has 0 aliphatic rings. The maximum Gasteiger partial charge on any atom is 0.264 e. The van der Waals surface area contributed by atoms with Crippen LogP contribution in [0.3, 0.4) is 0 Å². The van der Waals surface area contributed by atoms with Gasteiger partial charge in [-0.2, -0.15) is 0 Å². The van der Waals surface area contributed by atoms with Crippen molar-refractivity contribution in [3.05, 3.63) is 58.6 Å². The number of rotatable bonds is 4. The molecular weight excluding hydrogens is 306 g/mol. The molecule has 0 unspecified atom stereocenters. The normalized spacial score (nSPS) is 10.6. The predicted octanol–water partition coefficient (Wildman–Crippen LogP) is 1.57. The molecule has 1 aromatic carbocycles. The minimum Gasteiger partial charge on any atom is -0.388 e. The van der Waals surface area contributed by atoms with Gasteiger partial charge >= 0.3 is 0 Å². The van der Waals surface area contributed by atoms with Crippen LogP contribution in [0, 0.1) is 0 Å². The van der Waals surface area contributed by atoms with E-state index in [1.54, 1.807) is 50.6 Å². The molecule has 24 heavy (non-hydrogen) atoms. The van der Waals surface area contributed by atoms with Gasteiger partial charge in [-0.3, -0.25) is 14.2 Å². The van der Waals surface area contributed by atoms with E-state index in [1.807, 2.05) is 0 Å². The zero-order valence-electron chi connectivity index (χ0n) is 13.3. The summed E-state index contributed by atoms with van der Waals surface area (Å²) in [5.74, 6) is -0.185. The van der Waals surface area contributed by atoms with Gasteiger partial charge < -0.3 is 16.4 Å². The molecule has 0 bridgehead atoms. The zero-order valence-corrected chi connectivity index (χ0v) is 13.3. The highest BCUT2D eigenvalue weighted by Crippen LogP contribution is 2.21. The topological polar surface area (TPSA) is 102 Å². The number of pyridine rings is 2. The van der Waals surface area contributed by atoms with Gasteiger partial charge in [-0.25, -0.2) is 4.98 Å². The number of nitrogens with two attached hydrogens (primary N) is 1. The predicted molar refractivity (Wildman–Crippen MR) is 95.0 cm³/mol. The standard InChI is InChI=1S/C17H17N5O2/c1-19-10-3-5-12-13(7-10)14(16(18)23)9-22(17(12)24)15-6-4-11(20-2)8-21-15/h3-9,19-20H,1-2H3,(H2,18,23). The molecule has 0 atom stereocenters. The number of hydrogen-bond acceptors (Lipinski definition) is 5. The molecule has 0 fully saturated rings. The van der Waals surface area contributed by atoms with E-state index in [4.69, 9.17) is 5.73 Å². The quantitative estimate of drug-likeness (QED) is 0.676. The Labute approximate surface area is 138 Å². The van der Waals surface area contributed by atoms with Crippen molar-refractivity contribution in [1.29, 1.82) is 0 Å². The third kappa shape index (κ3) is 2.56. The number of anilines is 2. The van der Waals surface area contributed by atoms with Gasteiger partial charge in [-0.05, 0) is 30.3 Å². The molecule has 0 radical (unpaired) electrons. The van der Waals surface area contributed by atoms with Crippen LogP contribution in [-0.4, -0.2) is 29.6 Å². The molecule has 0 aliphatic heterocycles. The Balaban J connectivity index is 2.31.